The molecule has 0 saturated heterocycles. The van der Waals surface area contributed by atoms with E-state index in [1.807, 2.05) is 0 Å². The van der Waals surface area contributed by atoms with Crippen LogP contribution in [0.3, 0.4) is 0 Å². The molecule has 0 aliphatic carbocycles. The van der Waals surface area contributed by atoms with Gasteiger partial charge in [0.2, 0.25) is 0 Å². The van der Waals surface area contributed by atoms with Crippen LogP contribution >= 0.6 is 15.9 Å². The third-order valence-electron chi connectivity index (χ3n) is 3.56. The van der Waals surface area contributed by atoms with E-state index in [0.29, 0.717) is 5.41 Å². The van der Waals surface area contributed by atoms with Gasteiger partial charge in [0, 0.05) is 28.5 Å². The summed E-state index contributed by atoms with van der Waals surface area (Å²) in [5.41, 5.74) is 3.02. The van der Waals surface area contributed by atoms with Crippen molar-refractivity contribution in [3.8, 4) is 5.75 Å². The van der Waals surface area contributed by atoms with E-state index in [1.54, 1.807) is 0 Å². The van der Waals surface area contributed by atoms with Crippen molar-refractivity contribution in [2.45, 2.75) is 59.5 Å². The zero-order valence-corrected chi connectivity index (χ0v) is 14.9. The molecule has 0 radical (unpaired) electrons. The Hall–Kier alpha value is -0.540. The van der Waals surface area contributed by atoms with E-state index in [0.717, 1.165) is 36.2 Å². The predicted molar refractivity (Wildman–Crippen MR) is 88.3 cm³/mol. The van der Waals surface area contributed by atoms with E-state index in [4.69, 9.17) is 4.74 Å². The molecular formula is C17H26BrNO. The molecule has 2 nitrogen and oxygen atoms in total. The van der Waals surface area contributed by atoms with Crippen molar-refractivity contribution >= 4 is 15.9 Å². The molecule has 0 aromatic heterocycles. The molecule has 0 bridgehead atoms. The van der Waals surface area contributed by atoms with Gasteiger partial charge in [0.25, 0.3) is 0 Å². The van der Waals surface area contributed by atoms with Gasteiger partial charge in [-0.25, -0.2) is 0 Å². The van der Waals surface area contributed by atoms with Crippen molar-refractivity contribution in [1.29, 1.82) is 0 Å². The van der Waals surface area contributed by atoms with Crippen molar-refractivity contribution in [1.82, 2.24) is 5.32 Å². The first kappa shape index (κ1) is 15.8. The van der Waals surface area contributed by atoms with Gasteiger partial charge < -0.3 is 10.1 Å². The Bertz CT molecular complexity index is 488. The molecule has 0 spiro atoms. The van der Waals surface area contributed by atoms with Gasteiger partial charge in [-0.3, -0.25) is 0 Å². The lowest BCUT2D eigenvalue weighted by atomic mass is 9.81. The Morgan fingerprint density at radius 2 is 1.90 bits per heavy atom. The van der Waals surface area contributed by atoms with Crippen LogP contribution in [0.25, 0.3) is 0 Å². The summed E-state index contributed by atoms with van der Waals surface area (Å²) in [6, 6.07) is 4.34. The Labute approximate surface area is 131 Å². The van der Waals surface area contributed by atoms with Crippen LogP contribution in [-0.2, 0) is 13.0 Å². The minimum atomic E-state index is 0.117. The van der Waals surface area contributed by atoms with Gasteiger partial charge >= 0.3 is 0 Å². The van der Waals surface area contributed by atoms with Gasteiger partial charge in [-0.05, 0) is 43.4 Å². The number of benzene rings is 1. The van der Waals surface area contributed by atoms with Crippen LogP contribution < -0.4 is 10.1 Å². The fourth-order valence-corrected chi connectivity index (χ4v) is 3.75. The second-order valence-corrected chi connectivity index (χ2v) is 8.54. The lowest BCUT2D eigenvalue weighted by molar-refractivity contribution is 0.239. The van der Waals surface area contributed by atoms with Crippen molar-refractivity contribution in [3.63, 3.8) is 0 Å². The molecule has 0 atom stereocenters. The van der Waals surface area contributed by atoms with Gasteiger partial charge in [0.1, 0.15) is 5.75 Å². The first-order chi connectivity index (χ1) is 9.16. The predicted octanol–water partition coefficient (Wildman–Crippen LogP) is 4.69. The standard InChI is InChI=1S/C17H26BrNO/c1-16(2,3)11-17(4,5)19-10-13-9-14(18)8-12-6-7-20-15(12)13/h8-9,19H,6-7,10-11H2,1-5H3. The Morgan fingerprint density at radius 3 is 2.55 bits per heavy atom. The summed E-state index contributed by atoms with van der Waals surface area (Å²) in [4.78, 5) is 0. The average Bonchev–Trinajstić information content (AvgIpc) is 2.70. The first-order valence-corrected chi connectivity index (χ1v) is 8.15. The van der Waals surface area contributed by atoms with Gasteiger partial charge in [0.15, 0.2) is 0 Å². The van der Waals surface area contributed by atoms with Gasteiger partial charge in [-0.2, -0.15) is 0 Å². The number of hydrogen-bond acceptors (Lipinski definition) is 2. The molecule has 0 amide bonds. The summed E-state index contributed by atoms with van der Waals surface area (Å²) in [6.07, 6.45) is 2.16. The van der Waals surface area contributed by atoms with E-state index in [1.165, 1.54) is 11.1 Å². The minimum Gasteiger partial charge on any atom is -0.493 e. The van der Waals surface area contributed by atoms with Crippen LogP contribution in [0.1, 0.15) is 52.2 Å². The average molecular weight is 340 g/mol. The molecule has 1 aliphatic heterocycles. The number of nitrogens with one attached hydrogen (secondary N) is 1. The maximum absolute atomic E-state index is 5.79. The summed E-state index contributed by atoms with van der Waals surface area (Å²) in [7, 11) is 0. The molecule has 112 valence electrons. The van der Waals surface area contributed by atoms with Crippen molar-refractivity contribution < 1.29 is 4.74 Å². The first-order valence-electron chi connectivity index (χ1n) is 7.35. The summed E-state index contributed by atoms with van der Waals surface area (Å²) >= 11 is 3.60. The molecule has 1 aromatic carbocycles. The fourth-order valence-electron chi connectivity index (χ4n) is 3.20. The molecule has 0 saturated carbocycles. The highest BCUT2D eigenvalue weighted by atomic mass is 79.9. The maximum Gasteiger partial charge on any atom is 0.127 e. The molecule has 1 N–H and O–H groups in total. The zero-order valence-electron chi connectivity index (χ0n) is 13.3. The van der Waals surface area contributed by atoms with Gasteiger partial charge in [-0.15, -0.1) is 0 Å². The second kappa shape index (κ2) is 5.69. The summed E-state index contributed by atoms with van der Waals surface area (Å²) < 4.78 is 6.94. The number of hydrogen-bond donors (Lipinski definition) is 1. The summed E-state index contributed by atoms with van der Waals surface area (Å²) in [6.45, 7) is 13.1. The smallest absolute Gasteiger partial charge is 0.127 e. The number of fused-ring (bicyclic) bond motifs is 1. The van der Waals surface area contributed by atoms with Crippen molar-refractivity contribution in [3.05, 3.63) is 27.7 Å². The molecule has 0 fully saturated rings. The lowest BCUT2D eigenvalue weighted by Crippen LogP contribution is -2.41. The molecular weight excluding hydrogens is 314 g/mol. The lowest BCUT2D eigenvalue weighted by Gasteiger charge is -2.33. The molecule has 3 heteroatoms. The van der Waals surface area contributed by atoms with Crippen LogP contribution in [-0.4, -0.2) is 12.1 Å². The molecule has 0 unspecified atom stereocenters. The Morgan fingerprint density at radius 1 is 1.20 bits per heavy atom. The van der Waals surface area contributed by atoms with E-state index < -0.39 is 0 Å². The molecule has 1 aliphatic rings. The van der Waals surface area contributed by atoms with Crippen LogP contribution in [0.15, 0.2) is 16.6 Å². The third kappa shape index (κ3) is 4.23. The van der Waals surface area contributed by atoms with Crippen molar-refractivity contribution in [2.24, 2.45) is 5.41 Å². The molecule has 2 rings (SSSR count). The van der Waals surface area contributed by atoms with E-state index >= 15 is 0 Å². The molecule has 1 aromatic rings. The molecule has 20 heavy (non-hydrogen) atoms. The van der Waals surface area contributed by atoms with Crippen molar-refractivity contribution in [2.75, 3.05) is 6.61 Å². The van der Waals surface area contributed by atoms with Crippen LogP contribution in [0.4, 0.5) is 0 Å². The largest absolute Gasteiger partial charge is 0.493 e. The van der Waals surface area contributed by atoms with E-state index in [9.17, 15) is 0 Å². The van der Waals surface area contributed by atoms with Crippen LogP contribution in [0, 0.1) is 5.41 Å². The minimum absolute atomic E-state index is 0.117. The third-order valence-corrected chi connectivity index (χ3v) is 4.01. The number of ether oxygens (including phenoxy) is 1. The maximum atomic E-state index is 5.79. The van der Waals surface area contributed by atoms with Gasteiger partial charge in [0.05, 0.1) is 6.61 Å². The van der Waals surface area contributed by atoms with Gasteiger partial charge in [-0.1, -0.05) is 36.7 Å². The summed E-state index contributed by atoms with van der Waals surface area (Å²) in [5.74, 6) is 1.09. The second-order valence-electron chi connectivity index (χ2n) is 7.63. The van der Waals surface area contributed by atoms with E-state index in [2.05, 4.69) is 68.0 Å². The number of rotatable bonds is 4. The van der Waals surface area contributed by atoms with E-state index in [-0.39, 0.29) is 5.54 Å². The number of halogens is 1. The van der Waals surface area contributed by atoms with Crippen LogP contribution in [0.2, 0.25) is 0 Å². The Kier molecular flexibility index (Phi) is 4.50. The Balaban J connectivity index is 2.08. The zero-order chi connectivity index (χ0) is 15.0. The monoisotopic (exact) mass is 339 g/mol. The SMILES string of the molecule is CC(C)(C)CC(C)(C)NCc1cc(Br)cc2c1OCC2. The normalized spacial score (nSPS) is 15.1. The highest BCUT2D eigenvalue weighted by Crippen LogP contribution is 2.34. The van der Waals surface area contributed by atoms with Crippen LogP contribution in [0.5, 0.6) is 5.75 Å². The fraction of sp³-hybridized carbons (Fsp3) is 0.647. The molecule has 1 heterocycles. The quantitative estimate of drug-likeness (QED) is 0.859. The highest BCUT2D eigenvalue weighted by Gasteiger charge is 2.26. The summed E-state index contributed by atoms with van der Waals surface area (Å²) in [5, 5.41) is 3.69. The highest BCUT2D eigenvalue weighted by molar-refractivity contribution is 9.10. The topological polar surface area (TPSA) is 21.3 Å².